The van der Waals surface area contributed by atoms with Crippen LogP contribution in [0.5, 0.6) is 0 Å². The van der Waals surface area contributed by atoms with Crippen LogP contribution < -0.4 is 0 Å². The van der Waals surface area contributed by atoms with Crippen LogP contribution in [0.25, 0.3) is 0 Å². The van der Waals surface area contributed by atoms with Gasteiger partial charge in [-0.3, -0.25) is 0 Å². The van der Waals surface area contributed by atoms with Crippen molar-refractivity contribution in [3.8, 4) is 0 Å². The fraction of sp³-hybridized carbons (Fsp3) is 0.333. The molecule has 0 radical (unpaired) electrons. The van der Waals surface area contributed by atoms with Crippen molar-refractivity contribution < 1.29 is 0 Å². The quantitative estimate of drug-likeness (QED) is 0.486. The maximum atomic E-state index is 2.30. The second-order valence-corrected chi connectivity index (χ2v) is 2.87. The molecule has 1 nitrogen and oxygen atoms in total. The van der Waals surface area contributed by atoms with Gasteiger partial charge in [-0.1, -0.05) is 18.2 Å². The van der Waals surface area contributed by atoms with Crippen molar-refractivity contribution >= 4 is 0 Å². The second kappa shape index (κ2) is 2.01. The highest BCUT2D eigenvalue weighted by molar-refractivity contribution is 5.46. The number of allylic oxidation sites excluding steroid dienone is 3. The lowest BCUT2D eigenvalue weighted by Gasteiger charge is -2.06. The van der Waals surface area contributed by atoms with E-state index < -0.39 is 0 Å². The summed E-state index contributed by atoms with van der Waals surface area (Å²) in [6.07, 6.45) is 10.0. The molecule has 0 amide bonds. The Morgan fingerprint density at radius 1 is 1.50 bits per heavy atom. The summed E-state index contributed by atoms with van der Waals surface area (Å²) in [6.45, 7) is 1.10. The zero-order valence-corrected chi connectivity index (χ0v) is 6.17. The van der Waals surface area contributed by atoms with Gasteiger partial charge in [-0.25, -0.2) is 0 Å². The van der Waals surface area contributed by atoms with Gasteiger partial charge in [-0.15, -0.1) is 0 Å². The smallest absolute Gasteiger partial charge is 0.0424 e. The highest BCUT2D eigenvalue weighted by Crippen LogP contribution is 2.24. The number of rotatable bonds is 0. The van der Waals surface area contributed by atoms with Crippen molar-refractivity contribution in [3.05, 3.63) is 35.6 Å². The molecular weight excluding hydrogens is 122 g/mol. The summed E-state index contributed by atoms with van der Waals surface area (Å²) in [5, 5.41) is 0. The monoisotopic (exact) mass is 133 g/mol. The number of likely N-dealkylation sites (N-methyl/N-ethyl adjacent to an activating group) is 1. The van der Waals surface area contributed by atoms with Gasteiger partial charge in [0.15, 0.2) is 0 Å². The van der Waals surface area contributed by atoms with Crippen LogP contribution in [0.15, 0.2) is 35.6 Å². The van der Waals surface area contributed by atoms with Gasteiger partial charge in [0.05, 0.1) is 0 Å². The van der Waals surface area contributed by atoms with Gasteiger partial charge in [0.1, 0.15) is 0 Å². The van der Waals surface area contributed by atoms with E-state index in [0.717, 1.165) is 13.0 Å². The predicted molar refractivity (Wildman–Crippen MR) is 42.6 cm³/mol. The molecule has 0 aromatic rings. The number of hydrogen-bond donors (Lipinski definition) is 0. The molecule has 10 heavy (non-hydrogen) atoms. The summed E-state index contributed by atoms with van der Waals surface area (Å²) in [5.41, 5.74) is 2.89. The lowest BCUT2D eigenvalue weighted by molar-refractivity contribution is 0.522. The standard InChI is InChI=1S/C9H11N/c1-10-6-8-4-2-3-5-9(8)7-10/h2,4-6H,3,7H2,1H3. The fourth-order valence-electron chi connectivity index (χ4n) is 1.46. The Bertz CT molecular complexity index is 233. The van der Waals surface area contributed by atoms with E-state index in [9.17, 15) is 0 Å². The summed E-state index contributed by atoms with van der Waals surface area (Å²) < 4.78 is 0. The van der Waals surface area contributed by atoms with Crippen molar-refractivity contribution in [3.63, 3.8) is 0 Å². The van der Waals surface area contributed by atoms with Crippen LogP contribution in [0.4, 0.5) is 0 Å². The zero-order chi connectivity index (χ0) is 6.97. The summed E-state index contributed by atoms with van der Waals surface area (Å²) >= 11 is 0. The molecule has 1 heteroatoms. The molecule has 1 aliphatic heterocycles. The Labute approximate surface area is 61.3 Å². The van der Waals surface area contributed by atoms with Gasteiger partial charge in [-0.2, -0.15) is 0 Å². The summed E-state index contributed by atoms with van der Waals surface area (Å²) in [4.78, 5) is 2.22. The Hall–Kier alpha value is -0.980. The van der Waals surface area contributed by atoms with Crippen molar-refractivity contribution in [2.45, 2.75) is 6.42 Å². The van der Waals surface area contributed by atoms with Gasteiger partial charge in [0, 0.05) is 19.8 Å². The van der Waals surface area contributed by atoms with E-state index in [1.165, 1.54) is 11.1 Å². The maximum Gasteiger partial charge on any atom is 0.0424 e. The lowest BCUT2D eigenvalue weighted by atomic mass is 10.0. The SMILES string of the molecule is CN1C=C2C=CCC=C2C1. The molecular formula is C9H11N. The Balaban J connectivity index is 2.34. The minimum Gasteiger partial charge on any atom is -0.376 e. The van der Waals surface area contributed by atoms with Crippen molar-refractivity contribution in [1.29, 1.82) is 0 Å². The Kier molecular flexibility index (Phi) is 1.16. The van der Waals surface area contributed by atoms with E-state index in [4.69, 9.17) is 0 Å². The molecule has 0 aromatic carbocycles. The number of nitrogens with zero attached hydrogens (tertiary/aromatic N) is 1. The molecule has 0 N–H and O–H groups in total. The largest absolute Gasteiger partial charge is 0.376 e. The third-order valence-electron chi connectivity index (χ3n) is 1.95. The highest BCUT2D eigenvalue weighted by atomic mass is 15.1. The van der Waals surface area contributed by atoms with Crippen LogP contribution in [0.1, 0.15) is 6.42 Å². The van der Waals surface area contributed by atoms with E-state index in [1.807, 2.05) is 0 Å². The molecule has 52 valence electrons. The van der Waals surface area contributed by atoms with Crippen molar-refractivity contribution in [2.24, 2.45) is 0 Å². The molecule has 1 aliphatic carbocycles. The molecule has 0 bridgehead atoms. The van der Waals surface area contributed by atoms with E-state index in [1.54, 1.807) is 0 Å². The van der Waals surface area contributed by atoms with E-state index in [0.29, 0.717) is 0 Å². The van der Waals surface area contributed by atoms with Crippen LogP contribution in [0, 0.1) is 0 Å². The van der Waals surface area contributed by atoms with Gasteiger partial charge in [-0.05, 0) is 17.6 Å². The van der Waals surface area contributed by atoms with Crippen LogP contribution in [-0.2, 0) is 0 Å². The van der Waals surface area contributed by atoms with Crippen LogP contribution >= 0.6 is 0 Å². The van der Waals surface area contributed by atoms with Gasteiger partial charge < -0.3 is 4.90 Å². The number of fused-ring (bicyclic) bond motifs is 1. The highest BCUT2D eigenvalue weighted by Gasteiger charge is 2.13. The molecule has 2 rings (SSSR count). The third-order valence-corrected chi connectivity index (χ3v) is 1.95. The first-order valence-electron chi connectivity index (χ1n) is 3.64. The molecule has 0 fully saturated rings. The number of hydrogen-bond acceptors (Lipinski definition) is 1. The molecule has 0 saturated carbocycles. The van der Waals surface area contributed by atoms with E-state index in [2.05, 4.69) is 36.4 Å². The molecule has 0 saturated heterocycles. The molecule has 0 unspecified atom stereocenters. The predicted octanol–water partition coefficient (Wildman–Crippen LogP) is 1.70. The van der Waals surface area contributed by atoms with E-state index >= 15 is 0 Å². The minimum absolute atomic E-state index is 1.10. The Morgan fingerprint density at radius 2 is 2.40 bits per heavy atom. The van der Waals surface area contributed by atoms with E-state index in [-0.39, 0.29) is 0 Å². The molecule has 0 atom stereocenters. The van der Waals surface area contributed by atoms with Crippen LogP contribution in [-0.4, -0.2) is 18.5 Å². The second-order valence-electron chi connectivity index (χ2n) is 2.87. The average molecular weight is 133 g/mol. The normalized spacial score (nSPS) is 22.3. The summed E-state index contributed by atoms with van der Waals surface area (Å²) in [6, 6.07) is 0. The molecule has 0 spiro atoms. The summed E-state index contributed by atoms with van der Waals surface area (Å²) in [7, 11) is 2.11. The third kappa shape index (κ3) is 0.783. The average Bonchev–Trinajstić information content (AvgIpc) is 2.27. The maximum absolute atomic E-state index is 2.30. The van der Waals surface area contributed by atoms with Crippen molar-refractivity contribution in [2.75, 3.05) is 13.6 Å². The first-order valence-corrected chi connectivity index (χ1v) is 3.64. The fourth-order valence-corrected chi connectivity index (χ4v) is 1.46. The van der Waals surface area contributed by atoms with Gasteiger partial charge in [0.25, 0.3) is 0 Å². The minimum atomic E-state index is 1.10. The molecule has 1 heterocycles. The van der Waals surface area contributed by atoms with Gasteiger partial charge in [0.2, 0.25) is 0 Å². The summed E-state index contributed by atoms with van der Waals surface area (Å²) in [5.74, 6) is 0. The van der Waals surface area contributed by atoms with Crippen molar-refractivity contribution in [1.82, 2.24) is 4.90 Å². The zero-order valence-electron chi connectivity index (χ0n) is 6.17. The lowest BCUT2D eigenvalue weighted by Crippen LogP contribution is -2.06. The Morgan fingerprint density at radius 3 is 3.20 bits per heavy atom. The topological polar surface area (TPSA) is 3.24 Å². The first kappa shape index (κ1) is 5.78. The first-order chi connectivity index (χ1) is 4.86. The van der Waals surface area contributed by atoms with Crippen LogP contribution in [0.2, 0.25) is 0 Å². The molecule has 0 aromatic heterocycles. The van der Waals surface area contributed by atoms with Crippen LogP contribution in [0.3, 0.4) is 0 Å². The molecule has 2 aliphatic rings. The van der Waals surface area contributed by atoms with Gasteiger partial charge >= 0.3 is 0 Å².